The van der Waals surface area contributed by atoms with Crippen molar-refractivity contribution in [1.82, 2.24) is 4.98 Å². The molecule has 4 nitrogen and oxygen atoms in total. The summed E-state index contributed by atoms with van der Waals surface area (Å²) in [6, 6.07) is 3.52. The molecule has 1 heterocycles. The Kier molecular flexibility index (Phi) is 3.80. The van der Waals surface area contributed by atoms with Crippen LogP contribution in [0.25, 0.3) is 0 Å². The second-order valence-corrected chi connectivity index (χ2v) is 4.01. The maximum atomic E-state index is 11.5. The average Bonchev–Trinajstić information content (AvgIpc) is 2.26. The fourth-order valence-electron chi connectivity index (χ4n) is 1.27. The molecular formula is C11H12N2O2S. The van der Waals surface area contributed by atoms with E-state index < -0.39 is 5.97 Å². The molecule has 0 atom stereocenters. The zero-order valence-electron chi connectivity index (χ0n) is 9.33. The molecule has 0 aliphatic heterocycles. The topological polar surface area (TPSA) is 65.9 Å². The molecule has 0 aliphatic rings. The van der Waals surface area contributed by atoms with E-state index >= 15 is 0 Å². The zero-order chi connectivity index (χ0) is 12.3. The van der Waals surface area contributed by atoms with Crippen LogP contribution >= 0.6 is 12.2 Å². The van der Waals surface area contributed by atoms with Gasteiger partial charge < -0.3 is 9.72 Å². The van der Waals surface area contributed by atoms with Gasteiger partial charge in [0.25, 0.3) is 0 Å². The molecule has 0 spiro atoms. The molecule has 1 rings (SSSR count). The molecule has 0 unspecified atom stereocenters. The Balaban J connectivity index is 3.51. The monoisotopic (exact) mass is 236 g/mol. The molecule has 0 bridgehead atoms. The van der Waals surface area contributed by atoms with Gasteiger partial charge in [-0.2, -0.15) is 5.26 Å². The molecule has 1 aromatic heterocycles. The quantitative estimate of drug-likeness (QED) is 0.633. The first kappa shape index (κ1) is 12.4. The van der Waals surface area contributed by atoms with E-state index in [4.69, 9.17) is 17.5 Å². The van der Waals surface area contributed by atoms with Crippen LogP contribution in [0, 0.1) is 16.0 Å². The van der Waals surface area contributed by atoms with Gasteiger partial charge in [0.15, 0.2) is 0 Å². The fourth-order valence-corrected chi connectivity index (χ4v) is 1.55. The van der Waals surface area contributed by atoms with Crippen molar-refractivity contribution in [2.24, 2.45) is 0 Å². The van der Waals surface area contributed by atoms with Gasteiger partial charge in [0, 0.05) is 5.69 Å². The summed E-state index contributed by atoms with van der Waals surface area (Å²) in [7, 11) is 1.28. The van der Waals surface area contributed by atoms with Crippen LogP contribution in [-0.2, 0) is 4.74 Å². The van der Waals surface area contributed by atoms with Crippen LogP contribution in [-0.4, -0.2) is 18.1 Å². The average molecular weight is 236 g/mol. The normalized spacial score (nSPS) is 9.94. The van der Waals surface area contributed by atoms with E-state index in [9.17, 15) is 4.79 Å². The molecule has 0 saturated carbocycles. The van der Waals surface area contributed by atoms with Gasteiger partial charge in [-0.05, 0) is 12.0 Å². The van der Waals surface area contributed by atoms with Crippen LogP contribution in [0.15, 0.2) is 6.07 Å². The molecular weight excluding hydrogens is 224 g/mol. The van der Waals surface area contributed by atoms with Crippen molar-refractivity contribution in [3.63, 3.8) is 0 Å². The molecule has 1 N–H and O–H groups in total. The van der Waals surface area contributed by atoms with E-state index in [1.54, 1.807) is 6.07 Å². The van der Waals surface area contributed by atoms with E-state index in [0.717, 1.165) is 5.69 Å². The smallest absolute Gasteiger partial charge is 0.339 e. The molecule has 1 aromatic rings. The summed E-state index contributed by atoms with van der Waals surface area (Å²) >= 11 is 5.03. The van der Waals surface area contributed by atoms with Crippen molar-refractivity contribution in [3.8, 4) is 6.07 Å². The highest BCUT2D eigenvalue weighted by Gasteiger charge is 2.15. The van der Waals surface area contributed by atoms with Crippen molar-refractivity contribution in [1.29, 1.82) is 5.26 Å². The molecule has 5 heteroatoms. The van der Waals surface area contributed by atoms with Gasteiger partial charge in [0.2, 0.25) is 0 Å². The van der Waals surface area contributed by atoms with Crippen molar-refractivity contribution in [3.05, 3.63) is 27.5 Å². The minimum atomic E-state index is -0.543. The van der Waals surface area contributed by atoms with Gasteiger partial charge >= 0.3 is 5.97 Å². The molecule has 0 aliphatic carbocycles. The second-order valence-electron chi connectivity index (χ2n) is 3.60. The Labute approximate surface area is 98.9 Å². The number of aromatic nitrogens is 1. The van der Waals surface area contributed by atoms with Gasteiger partial charge in [-0.15, -0.1) is 0 Å². The summed E-state index contributed by atoms with van der Waals surface area (Å²) < 4.78 is 4.89. The first-order chi connectivity index (χ1) is 7.51. The number of carbonyl (C=O) groups excluding carboxylic acids is 1. The van der Waals surface area contributed by atoms with Crippen LogP contribution in [0.1, 0.15) is 41.4 Å². The summed E-state index contributed by atoms with van der Waals surface area (Å²) in [6.45, 7) is 3.93. The number of methoxy groups -OCH3 is 1. The van der Waals surface area contributed by atoms with E-state index in [2.05, 4.69) is 9.72 Å². The summed E-state index contributed by atoms with van der Waals surface area (Å²) in [6.07, 6.45) is 0. The Hall–Kier alpha value is -1.67. The third-order valence-electron chi connectivity index (χ3n) is 2.19. The lowest BCUT2D eigenvalue weighted by molar-refractivity contribution is 0.0600. The number of nitrogens with one attached hydrogen (secondary N) is 1. The van der Waals surface area contributed by atoms with Crippen molar-refractivity contribution in [2.45, 2.75) is 19.8 Å². The summed E-state index contributed by atoms with van der Waals surface area (Å²) in [4.78, 5) is 14.4. The van der Waals surface area contributed by atoms with Gasteiger partial charge in [0.1, 0.15) is 16.3 Å². The van der Waals surface area contributed by atoms with Crippen molar-refractivity contribution < 1.29 is 9.53 Å². The lowest BCUT2D eigenvalue weighted by Crippen LogP contribution is -2.08. The van der Waals surface area contributed by atoms with Crippen LogP contribution in [0.3, 0.4) is 0 Å². The van der Waals surface area contributed by atoms with Crippen molar-refractivity contribution in [2.75, 3.05) is 7.11 Å². The molecule has 0 amide bonds. The number of nitrogens with zero attached hydrogens (tertiary/aromatic N) is 1. The molecule has 84 valence electrons. The highest BCUT2D eigenvalue weighted by molar-refractivity contribution is 7.71. The van der Waals surface area contributed by atoms with E-state index in [0.29, 0.717) is 0 Å². The Morgan fingerprint density at radius 1 is 1.62 bits per heavy atom. The first-order valence-corrected chi connectivity index (χ1v) is 5.17. The lowest BCUT2D eigenvalue weighted by atomic mass is 10.0. The number of hydrogen-bond donors (Lipinski definition) is 1. The Morgan fingerprint density at radius 2 is 2.25 bits per heavy atom. The molecule has 16 heavy (non-hydrogen) atoms. The maximum Gasteiger partial charge on any atom is 0.339 e. The number of esters is 1. The largest absolute Gasteiger partial charge is 0.465 e. The number of rotatable bonds is 2. The highest BCUT2D eigenvalue weighted by atomic mass is 32.1. The number of carbonyl (C=O) groups is 1. The van der Waals surface area contributed by atoms with Crippen LogP contribution in [0.5, 0.6) is 0 Å². The minimum Gasteiger partial charge on any atom is -0.465 e. The zero-order valence-corrected chi connectivity index (χ0v) is 10.1. The number of H-pyrrole nitrogens is 1. The van der Waals surface area contributed by atoms with E-state index in [-0.39, 0.29) is 21.7 Å². The summed E-state index contributed by atoms with van der Waals surface area (Å²) in [5.74, 6) is -0.351. The SMILES string of the molecule is COC(=O)c1cc(C(C)C)[nH]c(=S)c1C#N. The predicted molar refractivity (Wildman–Crippen MR) is 61.8 cm³/mol. The highest BCUT2D eigenvalue weighted by Crippen LogP contribution is 2.17. The van der Waals surface area contributed by atoms with Crippen LogP contribution in [0.4, 0.5) is 0 Å². The second kappa shape index (κ2) is 4.90. The van der Waals surface area contributed by atoms with Crippen LogP contribution < -0.4 is 0 Å². The van der Waals surface area contributed by atoms with Gasteiger partial charge in [-0.25, -0.2) is 4.79 Å². The standard InChI is InChI=1S/C11H12N2O2S/c1-6(2)9-4-7(11(14)15-3)8(5-12)10(16)13-9/h4,6H,1-3H3,(H,13,16). The Bertz CT molecular complexity index is 512. The fraction of sp³-hybridized carbons (Fsp3) is 0.364. The molecule has 0 aromatic carbocycles. The Morgan fingerprint density at radius 3 is 2.69 bits per heavy atom. The lowest BCUT2D eigenvalue weighted by Gasteiger charge is -2.09. The summed E-state index contributed by atoms with van der Waals surface area (Å²) in [5, 5.41) is 8.93. The molecule has 0 fully saturated rings. The maximum absolute atomic E-state index is 11.5. The van der Waals surface area contributed by atoms with Crippen molar-refractivity contribution >= 4 is 18.2 Å². The number of ether oxygens (including phenoxy) is 1. The van der Waals surface area contributed by atoms with Crippen LogP contribution in [0.2, 0.25) is 0 Å². The van der Waals surface area contributed by atoms with E-state index in [1.807, 2.05) is 19.9 Å². The van der Waals surface area contributed by atoms with Gasteiger partial charge in [-0.3, -0.25) is 0 Å². The molecule has 0 radical (unpaired) electrons. The number of aromatic amines is 1. The third kappa shape index (κ3) is 2.28. The van der Waals surface area contributed by atoms with E-state index in [1.165, 1.54) is 7.11 Å². The minimum absolute atomic E-state index is 0.159. The number of nitriles is 1. The summed E-state index contributed by atoms with van der Waals surface area (Å²) in [5.41, 5.74) is 1.19. The number of hydrogen-bond acceptors (Lipinski definition) is 4. The third-order valence-corrected chi connectivity index (χ3v) is 2.50. The van der Waals surface area contributed by atoms with Gasteiger partial charge in [-0.1, -0.05) is 26.1 Å². The predicted octanol–water partition coefficient (Wildman–Crippen LogP) is 2.53. The number of pyridine rings is 1. The van der Waals surface area contributed by atoms with Gasteiger partial charge in [0.05, 0.1) is 12.7 Å². The first-order valence-electron chi connectivity index (χ1n) is 4.76. The molecule has 0 saturated heterocycles.